The number of carbonyl (C=O) groups is 1. The molecule has 0 bridgehead atoms. The Hall–Kier alpha value is -1.42. The molecule has 2 aliphatic rings. The highest BCUT2D eigenvalue weighted by Crippen LogP contribution is 2.32. The average molecular weight is 276 g/mol. The summed E-state index contributed by atoms with van der Waals surface area (Å²) >= 11 is 0. The number of hydrogen-bond donors (Lipinski definition) is 2. The molecule has 1 saturated heterocycles. The normalized spacial score (nSPS) is 28.9. The lowest BCUT2D eigenvalue weighted by Crippen LogP contribution is -2.41. The summed E-state index contributed by atoms with van der Waals surface area (Å²) in [5, 5.41) is 6.54. The third-order valence-corrected chi connectivity index (χ3v) is 4.57. The van der Waals surface area contributed by atoms with Gasteiger partial charge in [0.05, 0.1) is 6.42 Å². The molecule has 1 heterocycles. The van der Waals surface area contributed by atoms with Crippen LogP contribution in [0, 0.1) is 17.7 Å². The minimum Gasteiger partial charge on any atom is -0.353 e. The zero-order chi connectivity index (χ0) is 13.9. The predicted molar refractivity (Wildman–Crippen MR) is 75.7 cm³/mol. The molecule has 0 radical (unpaired) electrons. The number of halogens is 1. The third kappa shape index (κ3) is 3.18. The highest BCUT2D eigenvalue weighted by Gasteiger charge is 2.34. The first-order valence-corrected chi connectivity index (χ1v) is 7.45. The lowest BCUT2D eigenvalue weighted by molar-refractivity contribution is -0.121. The van der Waals surface area contributed by atoms with Gasteiger partial charge in [0.15, 0.2) is 0 Å². The van der Waals surface area contributed by atoms with Gasteiger partial charge in [-0.3, -0.25) is 4.79 Å². The van der Waals surface area contributed by atoms with E-state index in [1.54, 1.807) is 12.1 Å². The largest absolute Gasteiger partial charge is 0.353 e. The van der Waals surface area contributed by atoms with E-state index in [0.717, 1.165) is 37.4 Å². The fraction of sp³-hybridized carbons (Fsp3) is 0.562. The third-order valence-electron chi connectivity index (χ3n) is 4.57. The summed E-state index contributed by atoms with van der Waals surface area (Å²) in [7, 11) is 0. The molecule has 1 amide bonds. The van der Waals surface area contributed by atoms with Gasteiger partial charge in [0, 0.05) is 6.04 Å². The smallest absolute Gasteiger partial charge is 0.224 e. The second-order valence-corrected chi connectivity index (χ2v) is 6.06. The van der Waals surface area contributed by atoms with Crippen LogP contribution < -0.4 is 10.6 Å². The molecule has 2 N–H and O–H groups in total. The van der Waals surface area contributed by atoms with E-state index in [1.165, 1.54) is 18.6 Å². The predicted octanol–water partition coefficient (Wildman–Crippen LogP) is 1.87. The van der Waals surface area contributed by atoms with Gasteiger partial charge in [0.1, 0.15) is 5.82 Å². The van der Waals surface area contributed by atoms with Crippen LogP contribution >= 0.6 is 0 Å². The van der Waals surface area contributed by atoms with Gasteiger partial charge in [-0.25, -0.2) is 4.39 Å². The monoisotopic (exact) mass is 276 g/mol. The molecule has 20 heavy (non-hydrogen) atoms. The van der Waals surface area contributed by atoms with Crippen LogP contribution in [0.3, 0.4) is 0 Å². The summed E-state index contributed by atoms with van der Waals surface area (Å²) in [4.78, 5) is 12.0. The lowest BCUT2D eigenvalue weighted by Gasteiger charge is -2.31. The van der Waals surface area contributed by atoms with Gasteiger partial charge in [0.2, 0.25) is 5.91 Å². The molecule has 0 spiro atoms. The van der Waals surface area contributed by atoms with Crippen molar-refractivity contribution in [1.29, 1.82) is 0 Å². The minimum absolute atomic E-state index is 0.00464. The van der Waals surface area contributed by atoms with E-state index in [1.807, 2.05) is 0 Å². The van der Waals surface area contributed by atoms with E-state index >= 15 is 0 Å². The number of amides is 1. The van der Waals surface area contributed by atoms with E-state index in [9.17, 15) is 9.18 Å². The molecular weight excluding hydrogens is 255 g/mol. The molecule has 1 saturated carbocycles. The maximum absolute atomic E-state index is 13.1. The molecule has 2 fully saturated rings. The van der Waals surface area contributed by atoms with Crippen molar-refractivity contribution in [3.63, 3.8) is 0 Å². The standard InChI is InChI=1S/C16H21FN2O/c17-14-3-1-2-11(6-14)7-16(20)19-15-5-4-12-9-18-10-13(12)8-15/h1-3,6,12-13,15,18H,4-5,7-10H2,(H,19,20)/t12-,13+,15?/m0/s1. The Kier molecular flexibility index (Phi) is 4.01. The molecule has 1 aliphatic carbocycles. The van der Waals surface area contributed by atoms with Crippen LogP contribution in [0.5, 0.6) is 0 Å². The van der Waals surface area contributed by atoms with E-state index in [2.05, 4.69) is 10.6 Å². The zero-order valence-electron chi connectivity index (χ0n) is 11.6. The number of rotatable bonds is 3. The molecule has 3 atom stereocenters. The Labute approximate surface area is 118 Å². The van der Waals surface area contributed by atoms with Crippen molar-refractivity contribution in [2.45, 2.75) is 31.7 Å². The Morgan fingerprint density at radius 1 is 1.30 bits per heavy atom. The van der Waals surface area contributed by atoms with Crippen LogP contribution in [0.2, 0.25) is 0 Å². The number of carbonyl (C=O) groups excluding carboxylic acids is 1. The minimum atomic E-state index is -0.284. The maximum Gasteiger partial charge on any atom is 0.224 e. The molecule has 3 rings (SSSR count). The summed E-state index contributed by atoms with van der Waals surface area (Å²) in [5.41, 5.74) is 0.735. The average Bonchev–Trinajstić information content (AvgIpc) is 2.86. The number of nitrogens with one attached hydrogen (secondary N) is 2. The van der Waals surface area contributed by atoms with Crippen LogP contribution in [0.25, 0.3) is 0 Å². The van der Waals surface area contributed by atoms with Gasteiger partial charge in [-0.2, -0.15) is 0 Å². The van der Waals surface area contributed by atoms with Crippen LogP contribution in [0.1, 0.15) is 24.8 Å². The zero-order valence-corrected chi connectivity index (χ0v) is 11.6. The van der Waals surface area contributed by atoms with Crippen molar-refractivity contribution < 1.29 is 9.18 Å². The molecular formula is C16H21FN2O. The van der Waals surface area contributed by atoms with Gasteiger partial charge < -0.3 is 10.6 Å². The second-order valence-electron chi connectivity index (χ2n) is 6.06. The lowest BCUT2D eigenvalue weighted by atomic mass is 9.79. The van der Waals surface area contributed by atoms with Crippen LogP contribution in [0.4, 0.5) is 4.39 Å². The summed E-state index contributed by atoms with van der Waals surface area (Å²) in [6.45, 7) is 2.22. The summed E-state index contributed by atoms with van der Waals surface area (Å²) in [5.74, 6) is 1.23. The Bertz CT molecular complexity index is 491. The summed E-state index contributed by atoms with van der Waals surface area (Å²) < 4.78 is 13.1. The van der Waals surface area contributed by atoms with Gasteiger partial charge in [-0.15, -0.1) is 0 Å². The molecule has 1 aromatic carbocycles. The van der Waals surface area contributed by atoms with Crippen molar-refractivity contribution >= 4 is 5.91 Å². The first kappa shape index (κ1) is 13.6. The van der Waals surface area contributed by atoms with Gasteiger partial charge in [0.25, 0.3) is 0 Å². The van der Waals surface area contributed by atoms with Gasteiger partial charge in [-0.05, 0) is 61.9 Å². The SMILES string of the molecule is O=C(Cc1cccc(F)c1)NC1CC[C@H]2CNC[C@H]2C1. The molecule has 1 aliphatic heterocycles. The fourth-order valence-electron chi connectivity index (χ4n) is 3.54. The molecule has 3 nitrogen and oxygen atoms in total. The first-order chi connectivity index (χ1) is 9.70. The molecule has 4 heteroatoms. The topological polar surface area (TPSA) is 41.1 Å². The summed E-state index contributed by atoms with van der Waals surface area (Å²) in [6.07, 6.45) is 3.60. The van der Waals surface area contributed by atoms with Crippen molar-refractivity contribution in [3.05, 3.63) is 35.6 Å². The Balaban J connectivity index is 1.51. The van der Waals surface area contributed by atoms with Crippen LogP contribution in [0.15, 0.2) is 24.3 Å². The Morgan fingerprint density at radius 3 is 3.00 bits per heavy atom. The van der Waals surface area contributed by atoms with Crippen molar-refractivity contribution in [2.24, 2.45) is 11.8 Å². The molecule has 0 aromatic heterocycles. The highest BCUT2D eigenvalue weighted by molar-refractivity contribution is 5.78. The van der Waals surface area contributed by atoms with Crippen molar-refractivity contribution in [1.82, 2.24) is 10.6 Å². The second kappa shape index (κ2) is 5.92. The number of fused-ring (bicyclic) bond motifs is 1. The van der Waals surface area contributed by atoms with E-state index in [-0.39, 0.29) is 24.2 Å². The van der Waals surface area contributed by atoms with Gasteiger partial charge in [-0.1, -0.05) is 12.1 Å². The van der Waals surface area contributed by atoms with Gasteiger partial charge >= 0.3 is 0 Å². The van der Waals surface area contributed by atoms with Crippen molar-refractivity contribution in [3.8, 4) is 0 Å². The van der Waals surface area contributed by atoms with E-state index < -0.39 is 0 Å². The Morgan fingerprint density at radius 2 is 2.15 bits per heavy atom. The molecule has 1 unspecified atom stereocenters. The number of benzene rings is 1. The fourth-order valence-corrected chi connectivity index (χ4v) is 3.54. The van der Waals surface area contributed by atoms with Crippen LogP contribution in [-0.4, -0.2) is 25.0 Å². The maximum atomic E-state index is 13.1. The summed E-state index contributed by atoms with van der Waals surface area (Å²) in [6, 6.07) is 6.55. The quantitative estimate of drug-likeness (QED) is 0.885. The number of hydrogen-bond acceptors (Lipinski definition) is 2. The first-order valence-electron chi connectivity index (χ1n) is 7.45. The van der Waals surface area contributed by atoms with Crippen LogP contribution in [-0.2, 0) is 11.2 Å². The van der Waals surface area contributed by atoms with E-state index in [0.29, 0.717) is 5.92 Å². The van der Waals surface area contributed by atoms with Crippen molar-refractivity contribution in [2.75, 3.05) is 13.1 Å². The highest BCUT2D eigenvalue weighted by atomic mass is 19.1. The van der Waals surface area contributed by atoms with E-state index in [4.69, 9.17) is 0 Å². The molecule has 1 aromatic rings. The molecule has 108 valence electrons.